The molecule has 1 aromatic heterocycles. The Balaban J connectivity index is 1.56. The van der Waals surface area contributed by atoms with Crippen molar-refractivity contribution in [3.63, 3.8) is 0 Å². The van der Waals surface area contributed by atoms with Crippen molar-refractivity contribution in [3.8, 4) is 5.88 Å². The number of aromatic nitrogens is 2. The van der Waals surface area contributed by atoms with E-state index in [2.05, 4.69) is 28.4 Å². The fraction of sp³-hybridized carbons (Fsp3) is 0.531. The number of allylic oxidation sites excluding steroid dienone is 1. The van der Waals surface area contributed by atoms with Crippen LogP contribution in [0.15, 0.2) is 49.6 Å². The van der Waals surface area contributed by atoms with Gasteiger partial charge in [-0.15, -0.1) is 6.58 Å². The number of para-hydroxylation sites is 2. The summed E-state index contributed by atoms with van der Waals surface area (Å²) in [5.41, 5.74) is -0.997. The van der Waals surface area contributed by atoms with Crippen molar-refractivity contribution in [1.29, 1.82) is 0 Å². The number of likely N-dealkylation sites (tertiary alicyclic amines) is 1. The van der Waals surface area contributed by atoms with E-state index in [1.807, 2.05) is 0 Å². The standard InChI is InChI=1S/C32H40F2N4O7/c1-7-16-43-23-14-11-15-24(23)45-30(41)37-26(31(3,4)5)28(39)38-18-19(17-22(38)29(40)42-6)44-27-25(32(33,34)8-2)35-20-12-9-10-13-21(20)36-27/h7-10,12-13,19,22-24,26H,1-2,11,14-18H2,3-6H3,(H,37,41)/t19-,22+,23-,24-,26?/m1/s1. The number of carbonyl (C=O) groups excluding carboxylic acids is 3. The number of rotatable bonds is 11. The van der Waals surface area contributed by atoms with Gasteiger partial charge >= 0.3 is 18.0 Å². The average molecular weight is 631 g/mol. The lowest BCUT2D eigenvalue weighted by Crippen LogP contribution is -2.57. The summed E-state index contributed by atoms with van der Waals surface area (Å²) in [6.45, 7) is 12.3. The molecule has 2 aliphatic rings. The van der Waals surface area contributed by atoms with Crippen molar-refractivity contribution in [2.45, 2.75) is 82.8 Å². The fourth-order valence-electron chi connectivity index (χ4n) is 5.54. The Kier molecular flexibility index (Phi) is 10.4. The molecule has 2 heterocycles. The summed E-state index contributed by atoms with van der Waals surface area (Å²) in [5.74, 6) is -5.33. The summed E-state index contributed by atoms with van der Waals surface area (Å²) in [7, 11) is 1.18. The molecule has 1 unspecified atom stereocenters. The zero-order chi connectivity index (χ0) is 32.9. The van der Waals surface area contributed by atoms with Gasteiger partial charge in [-0.25, -0.2) is 19.6 Å². The number of alkyl carbamates (subject to hydrolysis) is 1. The normalized spacial score (nSPS) is 22.5. The van der Waals surface area contributed by atoms with Crippen LogP contribution in [-0.4, -0.2) is 83.5 Å². The number of ether oxygens (including phenoxy) is 4. The lowest BCUT2D eigenvalue weighted by atomic mass is 9.85. The Morgan fingerprint density at radius 3 is 2.40 bits per heavy atom. The predicted molar refractivity (Wildman–Crippen MR) is 161 cm³/mol. The molecule has 1 aliphatic carbocycles. The second kappa shape index (κ2) is 13.9. The molecule has 1 aromatic carbocycles. The first-order valence-electron chi connectivity index (χ1n) is 14.8. The number of amides is 2. The minimum Gasteiger partial charge on any atom is -0.471 e. The van der Waals surface area contributed by atoms with E-state index in [0.29, 0.717) is 24.6 Å². The number of esters is 1. The van der Waals surface area contributed by atoms with Gasteiger partial charge in [-0.2, -0.15) is 8.78 Å². The Morgan fingerprint density at radius 1 is 1.11 bits per heavy atom. The molecule has 2 amide bonds. The molecule has 244 valence electrons. The van der Waals surface area contributed by atoms with Gasteiger partial charge in [0, 0.05) is 6.42 Å². The van der Waals surface area contributed by atoms with Gasteiger partial charge in [0.15, 0.2) is 5.69 Å². The fourth-order valence-corrected chi connectivity index (χ4v) is 5.54. The number of carbonyl (C=O) groups is 3. The number of hydrogen-bond acceptors (Lipinski definition) is 9. The number of benzene rings is 1. The van der Waals surface area contributed by atoms with Crippen molar-refractivity contribution < 1.29 is 42.1 Å². The molecular formula is C32H40F2N4O7. The topological polar surface area (TPSA) is 129 Å². The van der Waals surface area contributed by atoms with Crippen LogP contribution < -0.4 is 10.1 Å². The lowest BCUT2D eigenvalue weighted by molar-refractivity contribution is -0.152. The number of nitrogens with zero attached hydrogens (tertiary/aromatic N) is 3. The van der Waals surface area contributed by atoms with Crippen molar-refractivity contribution in [2.24, 2.45) is 5.41 Å². The molecule has 45 heavy (non-hydrogen) atoms. The molecule has 4 rings (SSSR count). The van der Waals surface area contributed by atoms with E-state index in [9.17, 15) is 23.2 Å². The highest BCUT2D eigenvalue weighted by Crippen LogP contribution is 2.36. The maximum absolute atomic E-state index is 14.9. The lowest BCUT2D eigenvalue weighted by Gasteiger charge is -2.35. The largest absolute Gasteiger partial charge is 0.471 e. The van der Waals surface area contributed by atoms with Gasteiger partial charge in [-0.3, -0.25) is 4.79 Å². The van der Waals surface area contributed by atoms with Gasteiger partial charge < -0.3 is 29.2 Å². The van der Waals surface area contributed by atoms with Crippen LogP contribution in [0.3, 0.4) is 0 Å². The molecular weight excluding hydrogens is 590 g/mol. The zero-order valence-corrected chi connectivity index (χ0v) is 26.0. The van der Waals surface area contributed by atoms with Crippen molar-refractivity contribution in [2.75, 3.05) is 20.3 Å². The summed E-state index contributed by atoms with van der Waals surface area (Å²) < 4.78 is 52.1. The van der Waals surface area contributed by atoms with Crippen molar-refractivity contribution in [3.05, 3.63) is 55.3 Å². The number of methoxy groups -OCH3 is 1. The van der Waals surface area contributed by atoms with Crippen LogP contribution in [-0.2, 0) is 29.7 Å². The molecule has 0 spiro atoms. The molecule has 0 bridgehead atoms. The van der Waals surface area contributed by atoms with E-state index in [-0.39, 0.29) is 24.6 Å². The molecule has 5 atom stereocenters. The number of nitrogens with one attached hydrogen (secondary N) is 1. The molecule has 1 aliphatic heterocycles. The van der Waals surface area contributed by atoms with Gasteiger partial charge in [0.2, 0.25) is 11.8 Å². The summed E-state index contributed by atoms with van der Waals surface area (Å²) in [5, 5.41) is 2.68. The maximum Gasteiger partial charge on any atom is 0.408 e. The van der Waals surface area contributed by atoms with E-state index in [1.54, 1.807) is 51.1 Å². The van der Waals surface area contributed by atoms with Crippen LogP contribution in [0.5, 0.6) is 5.88 Å². The number of halogens is 2. The first-order valence-corrected chi connectivity index (χ1v) is 14.8. The van der Waals surface area contributed by atoms with E-state index in [4.69, 9.17) is 18.9 Å². The summed E-state index contributed by atoms with van der Waals surface area (Å²) in [6, 6.07) is 4.24. The van der Waals surface area contributed by atoms with Crippen molar-refractivity contribution >= 4 is 29.0 Å². The molecule has 1 N–H and O–H groups in total. The second-order valence-corrected chi connectivity index (χ2v) is 12.2. The first-order chi connectivity index (χ1) is 21.3. The smallest absolute Gasteiger partial charge is 0.408 e. The van der Waals surface area contributed by atoms with E-state index in [1.165, 1.54) is 12.0 Å². The van der Waals surface area contributed by atoms with Crippen LogP contribution in [0, 0.1) is 5.41 Å². The molecule has 13 heteroatoms. The third kappa shape index (κ3) is 7.75. The van der Waals surface area contributed by atoms with Gasteiger partial charge in [0.1, 0.15) is 24.3 Å². The quantitative estimate of drug-likeness (QED) is 0.278. The van der Waals surface area contributed by atoms with Gasteiger partial charge in [0.25, 0.3) is 0 Å². The first kappa shape index (κ1) is 33.8. The zero-order valence-electron chi connectivity index (χ0n) is 26.0. The number of hydrogen-bond donors (Lipinski definition) is 1. The third-order valence-corrected chi connectivity index (χ3v) is 7.86. The van der Waals surface area contributed by atoms with Crippen LogP contribution >= 0.6 is 0 Å². The van der Waals surface area contributed by atoms with Crippen LogP contribution in [0.2, 0.25) is 0 Å². The minimum atomic E-state index is -3.57. The predicted octanol–water partition coefficient (Wildman–Crippen LogP) is 4.69. The van der Waals surface area contributed by atoms with E-state index >= 15 is 0 Å². The van der Waals surface area contributed by atoms with Crippen molar-refractivity contribution in [1.82, 2.24) is 20.2 Å². The Morgan fingerprint density at radius 2 is 1.78 bits per heavy atom. The maximum atomic E-state index is 14.9. The van der Waals surface area contributed by atoms with E-state index in [0.717, 1.165) is 12.8 Å². The summed E-state index contributed by atoms with van der Waals surface area (Å²) >= 11 is 0. The molecule has 1 saturated carbocycles. The second-order valence-electron chi connectivity index (χ2n) is 12.2. The van der Waals surface area contributed by atoms with Crippen LogP contribution in [0.1, 0.15) is 52.1 Å². The summed E-state index contributed by atoms with van der Waals surface area (Å²) in [6.07, 6.45) is 1.65. The van der Waals surface area contributed by atoms with Gasteiger partial charge in [-0.1, -0.05) is 45.6 Å². The van der Waals surface area contributed by atoms with E-state index < -0.39 is 65.2 Å². The minimum absolute atomic E-state index is 0.0717. The summed E-state index contributed by atoms with van der Waals surface area (Å²) in [4.78, 5) is 49.5. The van der Waals surface area contributed by atoms with Crippen LogP contribution in [0.4, 0.5) is 13.6 Å². The Hall–Kier alpha value is -4.13. The third-order valence-electron chi connectivity index (χ3n) is 7.86. The van der Waals surface area contributed by atoms with Gasteiger partial charge in [0.05, 0.1) is 37.4 Å². The molecule has 0 radical (unpaired) electrons. The molecule has 2 aromatic rings. The molecule has 11 nitrogen and oxygen atoms in total. The highest BCUT2D eigenvalue weighted by Gasteiger charge is 2.47. The molecule has 2 fully saturated rings. The van der Waals surface area contributed by atoms with Crippen LogP contribution in [0.25, 0.3) is 11.0 Å². The SMILES string of the molecule is C=CCO[C@@H]1CCC[C@H]1OC(=O)NC(C(=O)N1C[C@H](Oc2nc3ccccc3nc2C(F)(F)C=C)C[C@H]1C(=O)OC)C(C)(C)C. The Labute approximate surface area is 260 Å². The monoisotopic (exact) mass is 630 g/mol. The highest BCUT2D eigenvalue weighted by molar-refractivity contribution is 5.91. The average Bonchev–Trinajstić information content (AvgIpc) is 3.63. The number of fused-ring (bicyclic) bond motifs is 1. The number of alkyl halides is 2. The highest BCUT2D eigenvalue weighted by atomic mass is 19.3. The molecule has 1 saturated heterocycles. The van der Waals surface area contributed by atoms with Gasteiger partial charge in [-0.05, 0) is 42.9 Å². The Bertz CT molecular complexity index is 1430.